The maximum Gasteiger partial charge on any atom is 0.418 e. The molecular formula is C18H18F3N3O2. The van der Waals surface area contributed by atoms with Crippen molar-refractivity contribution in [2.75, 3.05) is 11.4 Å². The van der Waals surface area contributed by atoms with Crippen LogP contribution in [0.2, 0.25) is 0 Å². The van der Waals surface area contributed by atoms with Crippen LogP contribution < -0.4 is 10.2 Å². The number of carbonyl (C=O) groups excluding carboxylic acids is 2. The van der Waals surface area contributed by atoms with Crippen LogP contribution in [-0.2, 0) is 22.3 Å². The van der Waals surface area contributed by atoms with Crippen molar-refractivity contribution in [1.82, 2.24) is 10.3 Å². The Kier molecular flexibility index (Phi) is 6.32. The molecule has 0 saturated heterocycles. The Balaban J connectivity index is 2.03. The maximum atomic E-state index is 13.2. The number of nitrogens with zero attached hydrogens (tertiary/aromatic N) is 2. The Morgan fingerprint density at radius 3 is 2.38 bits per heavy atom. The van der Waals surface area contributed by atoms with Crippen LogP contribution in [-0.4, -0.2) is 23.3 Å². The first kappa shape index (κ1) is 19.4. The van der Waals surface area contributed by atoms with Crippen molar-refractivity contribution in [3.05, 3.63) is 59.9 Å². The Hall–Kier alpha value is -2.90. The number of para-hydroxylation sites is 1. The van der Waals surface area contributed by atoms with Crippen molar-refractivity contribution >= 4 is 17.5 Å². The number of aromatic nitrogens is 1. The Morgan fingerprint density at radius 1 is 1.12 bits per heavy atom. The van der Waals surface area contributed by atoms with Crippen molar-refractivity contribution in [3.63, 3.8) is 0 Å². The molecule has 0 aliphatic heterocycles. The van der Waals surface area contributed by atoms with Crippen molar-refractivity contribution < 1.29 is 22.8 Å². The molecule has 1 heterocycles. The predicted molar refractivity (Wildman–Crippen MR) is 90.2 cm³/mol. The van der Waals surface area contributed by atoms with Gasteiger partial charge in [0.2, 0.25) is 11.8 Å². The van der Waals surface area contributed by atoms with Gasteiger partial charge in [-0.2, -0.15) is 13.2 Å². The average Bonchev–Trinajstić information content (AvgIpc) is 2.60. The van der Waals surface area contributed by atoms with Gasteiger partial charge >= 0.3 is 6.18 Å². The molecule has 0 saturated carbocycles. The third kappa shape index (κ3) is 5.30. The fraction of sp³-hybridized carbons (Fsp3) is 0.278. The van der Waals surface area contributed by atoms with Gasteiger partial charge in [0.15, 0.2) is 0 Å². The highest BCUT2D eigenvalue weighted by Crippen LogP contribution is 2.36. The number of alkyl halides is 3. The standard InChI is InChI=1S/C18H18F3N3O2/c1-13(25)24(16-5-3-2-4-15(16)18(19,20)21)11-8-17(26)23-12-14-6-9-22-10-7-14/h2-7,9-10H,8,11-12H2,1H3,(H,23,26). The number of carbonyl (C=O) groups is 2. The van der Waals surface area contributed by atoms with E-state index in [1.165, 1.54) is 25.1 Å². The largest absolute Gasteiger partial charge is 0.418 e. The van der Waals surface area contributed by atoms with E-state index < -0.39 is 17.6 Å². The molecular weight excluding hydrogens is 347 g/mol. The van der Waals surface area contributed by atoms with Gasteiger partial charge in [-0.3, -0.25) is 14.6 Å². The molecule has 0 unspecified atom stereocenters. The zero-order chi connectivity index (χ0) is 19.2. The minimum Gasteiger partial charge on any atom is -0.352 e. The van der Waals surface area contributed by atoms with E-state index in [0.717, 1.165) is 16.5 Å². The number of amides is 2. The summed E-state index contributed by atoms with van der Waals surface area (Å²) in [4.78, 5) is 28.6. The molecule has 2 rings (SSSR count). The SMILES string of the molecule is CC(=O)N(CCC(=O)NCc1ccncc1)c1ccccc1C(F)(F)F. The van der Waals surface area contributed by atoms with E-state index in [4.69, 9.17) is 0 Å². The van der Waals surface area contributed by atoms with E-state index in [2.05, 4.69) is 10.3 Å². The number of pyridine rings is 1. The van der Waals surface area contributed by atoms with Crippen molar-refractivity contribution in [3.8, 4) is 0 Å². The topological polar surface area (TPSA) is 62.3 Å². The van der Waals surface area contributed by atoms with E-state index in [0.29, 0.717) is 0 Å². The lowest BCUT2D eigenvalue weighted by Gasteiger charge is -2.24. The van der Waals surface area contributed by atoms with Crippen LogP contribution in [0.25, 0.3) is 0 Å². The molecule has 1 aromatic heterocycles. The summed E-state index contributed by atoms with van der Waals surface area (Å²) >= 11 is 0. The van der Waals surface area contributed by atoms with Crippen LogP contribution in [0.15, 0.2) is 48.8 Å². The highest BCUT2D eigenvalue weighted by molar-refractivity contribution is 5.93. The monoisotopic (exact) mass is 365 g/mol. The smallest absolute Gasteiger partial charge is 0.352 e. The molecule has 0 radical (unpaired) electrons. The second-order valence-electron chi connectivity index (χ2n) is 5.57. The summed E-state index contributed by atoms with van der Waals surface area (Å²) in [5.41, 5.74) is -0.319. The lowest BCUT2D eigenvalue weighted by Crippen LogP contribution is -2.35. The second kappa shape index (κ2) is 8.46. The molecule has 0 atom stereocenters. The van der Waals surface area contributed by atoms with Gasteiger partial charge in [0.05, 0.1) is 11.3 Å². The van der Waals surface area contributed by atoms with Gasteiger partial charge < -0.3 is 10.2 Å². The normalized spacial score (nSPS) is 11.1. The number of hydrogen-bond acceptors (Lipinski definition) is 3. The summed E-state index contributed by atoms with van der Waals surface area (Å²) in [6.45, 7) is 1.30. The minimum atomic E-state index is -4.59. The molecule has 1 aromatic carbocycles. The molecule has 0 bridgehead atoms. The summed E-state index contributed by atoms with van der Waals surface area (Å²) in [7, 11) is 0. The molecule has 26 heavy (non-hydrogen) atoms. The summed E-state index contributed by atoms with van der Waals surface area (Å²) in [5.74, 6) is -0.929. The fourth-order valence-corrected chi connectivity index (χ4v) is 2.40. The number of halogens is 3. The van der Waals surface area contributed by atoms with E-state index >= 15 is 0 Å². The molecule has 2 amide bonds. The number of benzene rings is 1. The van der Waals surface area contributed by atoms with Crippen LogP contribution in [0.3, 0.4) is 0 Å². The minimum absolute atomic E-state index is 0.114. The van der Waals surface area contributed by atoms with E-state index in [9.17, 15) is 22.8 Å². The Morgan fingerprint density at radius 2 is 1.77 bits per heavy atom. The molecule has 0 aliphatic rings. The van der Waals surface area contributed by atoms with Gasteiger partial charge in [-0.05, 0) is 29.8 Å². The van der Waals surface area contributed by atoms with Gasteiger partial charge in [-0.25, -0.2) is 0 Å². The van der Waals surface area contributed by atoms with Crippen molar-refractivity contribution in [2.24, 2.45) is 0 Å². The lowest BCUT2D eigenvalue weighted by molar-refractivity contribution is -0.137. The highest BCUT2D eigenvalue weighted by atomic mass is 19.4. The van der Waals surface area contributed by atoms with Crippen LogP contribution in [0.1, 0.15) is 24.5 Å². The van der Waals surface area contributed by atoms with Crippen LogP contribution in [0.5, 0.6) is 0 Å². The summed E-state index contributed by atoms with van der Waals surface area (Å²) in [6.07, 6.45) is -1.52. The number of hydrogen-bond donors (Lipinski definition) is 1. The van der Waals surface area contributed by atoms with Gasteiger partial charge in [-0.1, -0.05) is 12.1 Å². The van der Waals surface area contributed by atoms with Crippen LogP contribution in [0.4, 0.5) is 18.9 Å². The third-order valence-corrected chi connectivity index (χ3v) is 3.68. The molecule has 0 aliphatic carbocycles. The molecule has 138 valence electrons. The van der Waals surface area contributed by atoms with Gasteiger partial charge in [-0.15, -0.1) is 0 Å². The second-order valence-corrected chi connectivity index (χ2v) is 5.57. The number of nitrogens with one attached hydrogen (secondary N) is 1. The molecule has 0 spiro atoms. The third-order valence-electron chi connectivity index (χ3n) is 3.68. The van der Waals surface area contributed by atoms with Gasteiger partial charge in [0, 0.05) is 38.8 Å². The molecule has 0 fully saturated rings. The molecule has 5 nitrogen and oxygen atoms in total. The summed E-state index contributed by atoms with van der Waals surface area (Å²) in [5, 5.41) is 2.66. The zero-order valence-electron chi connectivity index (χ0n) is 14.1. The van der Waals surface area contributed by atoms with E-state index in [1.54, 1.807) is 24.5 Å². The molecule has 8 heteroatoms. The first-order chi connectivity index (χ1) is 12.3. The fourth-order valence-electron chi connectivity index (χ4n) is 2.40. The molecule has 2 aromatic rings. The highest BCUT2D eigenvalue weighted by Gasteiger charge is 2.35. The van der Waals surface area contributed by atoms with Crippen LogP contribution in [0, 0.1) is 0 Å². The van der Waals surface area contributed by atoms with Gasteiger partial charge in [0.25, 0.3) is 0 Å². The average molecular weight is 365 g/mol. The first-order valence-corrected chi connectivity index (χ1v) is 7.89. The summed E-state index contributed by atoms with van der Waals surface area (Å²) in [6, 6.07) is 8.29. The quantitative estimate of drug-likeness (QED) is 0.855. The predicted octanol–water partition coefficient (Wildman–Crippen LogP) is 3.16. The first-order valence-electron chi connectivity index (χ1n) is 7.89. The van der Waals surface area contributed by atoms with Crippen molar-refractivity contribution in [2.45, 2.75) is 26.1 Å². The zero-order valence-corrected chi connectivity index (χ0v) is 14.1. The summed E-state index contributed by atoms with van der Waals surface area (Å²) < 4.78 is 39.5. The maximum absolute atomic E-state index is 13.2. The van der Waals surface area contributed by atoms with Gasteiger partial charge in [0.1, 0.15) is 0 Å². The van der Waals surface area contributed by atoms with E-state index in [1.807, 2.05) is 0 Å². The Labute approximate surface area is 148 Å². The number of rotatable bonds is 6. The van der Waals surface area contributed by atoms with E-state index in [-0.39, 0.29) is 31.1 Å². The van der Waals surface area contributed by atoms with Crippen molar-refractivity contribution in [1.29, 1.82) is 0 Å². The lowest BCUT2D eigenvalue weighted by atomic mass is 10.1. The number of anilines is 1. The van der Waals surface area contributed by atoms with Crippen LogP contribution >= 0.6 is 0 Å². The Bertz CT molecular complexity index is 764. The molecule has 1 N–H and O–H groups in total.